The maximum absolute atomic E-state index is 12.2. The molecule has 0 aliphatic carbocycles. The third kappa shape index (κ3) is 4.84. The highest BCUT2D eigenvalue weighted by molar-refractivity contribution is 5.85. The van der Waals surface area contributed by atoms with E-state index >= 15 is 0 Å². The molecule has 0 bridgehead atoms. The highest BCUT2D eigenvalue weighted by atomic mass is 16.5. The molecular formula is C19H24N2O5. The van der Waals surface area contributed by atoms with E-state index in [1.807, 2.05) is 19.9 Å². The monoisotopic (exact) mass is 360 g/mol. The van der Waals surface area contributed by atoms with Crippen LogP contribution in [0.2, 0.25) is 0 Å². The summed E-state index contributed by atoms with van der Waals surface area (Å²) in [6, 6.07) is 5.28. The first kappa shape index (κ1) is 19.5. The van der Waals surface area contributed by atoms with E-state index in [0.717, 1.165) is 17.4 Å². The molecule has 0 saturated heterocycles. The van der Waals surface area contributed by atoms with Crippen LogP contribution in [0.4, 0.5) is 0 Å². The number of nitrogens with one attached hydrogen (secondary N) is 2. The molecule has 2 N–H and O–H groups in total. The van der Waals surface area contributed by atoms with Gasteiger partial charge in [-0.2, -0.15) is 0 Å². The van der Waals surface area contributed by atoms with E-state index in [-0.39, 0.29) is 31.2 Å². The molecule has 2 aromatic rings. The van der Waals surface area contributed by atoms with Crippen molar-refractivity contribution in [2.75, 3.05) is 20.2 Å². The molecule has 1 aromatic carbocycles. The van der Waals surface area contributed by atoms with Crippen molar-refractivity contribution < 1.29 is 18.7 Å². The molecule has 0 saturated carbocycles. The van der Waals surface area contributed by atoms with E-state index in [4.69, 9.17) is 9.15 Å². The molecule has 7 nitrogen and oxygen atoms in total. The first-order valence-electron chi connectivity index (χ1n) is 8.60. The minimum atomic E-state index is -0.461. The Morgan fingerprint density at radius 2 is 1.96 bits per heavy atom. The van der Waals surface area contributed by atoms with Crippen molar-refractivity contribution in [2.45, 2.75) is 33.1 Å². The SMILES string of the molecule is CCCNC(=O)CNC(=O)CCc1c(C)c2ccc(OC)cc2oc1=O. The second-order valence-electron chi connectivity index (χ2n) is 5.98. The highest BCUT2D eigenvalue weighted by Gasteiger charge is 2.14. The Morgan fingerprint density at radius 1 is 1.19 bits per heavy atom. The maximum atomic E-state index is 12.2. The summed E-state index contributed by atoms with van der Waals surface area (Å²) in [5.74, 6) is 0.0920. The van der Waals surface area contributed by atoms with Crippen LogP contribution in [0.15, 0.2) is 27.4 Å². The van der Waals surface area contributed by atoms with Crippen LogP contribution in [0.5, 0.6) is 5.75 Å². The Balaban J connectivity index is 2.03. The van der Waals surface area contributed by atoms with E-state index in [1.54, 1.807) is 19.2 Å². The number of ether oxygens (including phenoxy) is 1. The Bertz CT molecular complexity index is 857. The van der Waals surface area contributed by atoms with Gasteiger partial charge in [0.1, 0.15) is 11.3 Å². The summed E-state index contributed by atoms with van der Waals surface area (Å²) in [5.41, 5.74) is 1.24. The van der Waals surface area contributed by atoms with E-state index in [0.29, 0.717) is 23.4 Å². The molecule has 0 atom stereocenters. The van der Waals surface area contributed by atoms with Crippen LogP contribution in [0, 0.1) is 6.92 Å². The Hall–Kier alpha value is -2.83. The average Bonchev–Trinajstić information content (AvgIpc) is 2.63. The van der Waals surface area contributed by atoms with Gasteiger partial charge in [-0.15, -0.1) is 0 Å². The first-order chi connectivity index (χ1) is 12.5. The van der Waals surface area contributed by atoms with Crippen molar-refractivity contribution in [3.8, 4) is 5.75 Å². The Kier molecular flexibility index (Phi) is 6.77. The highest BCUT2D eigenvalue weighted by Crippen LogP contribution is 2.24. The lowest BCUT2D eigenvalue weighted by atomic mass is 10.0. The van der Waals surface area contributed by atoms with Gasteiger partial charge < -0.3 is 19.8 Å². The lowest BCUT2D eigenvalue weighted by molar-refractivity contribution is -0.126. The minimum Gasteiger partial charge on any atom is -0.497 e. The number of rotatable bonds is 8. The molecule has 7 heteroatoms. The van der Waals surface area contributed by atoms with Crippen LogP contribution in [0.3, 0.4) is 0 Å². The van der Waals surface area contributed by atoms with E-state index in [1.165, 1.54) is 0 Å². The standard InChI is InChI=1S/C19H24N2O5/c1-4-9-20-18(23)11-21-17(22)8-7-15-12(2)14-6-5-13(25-3)10-16(14)26-19(15)24/h5-6,10H,4,7-9,11H2,1-3H3,(H,20,23)(H,21,22). The zero-order valence-corrected chi connectivity index (χ0v) is 15.3. The van der Waals surface area contributed by atoms with Gasteiger partial charge in [0.15, 0.2) is 0 Å². The molecule has 0 aliphatic heterocycles. The largest absolute Gasteiger partial charge is 0.497 e. The second kappa shape index (κ2) is 9.03. The zero-order chi connectivity index (χ0) is 19.1. The van der Waals surface area contributed by atoms with Crippen molar-refractivity contribution in [2.24, 2.45) is 0 Å². The van der Waals surface area contributed by atoms with Crippen LogP contribution in [0.25, 0.3) is 11.0 Å². The fourth-order valence-electron chi connectivity index (χ4n) is 2.62. The number of aryl methyl sites for hydroxylation is 1. The summed E-state index contributed by atoms with van der Waals surface area (Å²) in [6.45, 7) is 4.30. The van der Waals surface area contributed by atoms with Gasteiger partial charge in [-0.1, -0.05) is 6.92 Å². The van der Waals surface area contributed by atoms with Crippen LogP contribution in [-0.2, 0) is 16.0 Å². The van der Waals surface area contributed by atoms with Crippen molar-refractivity contribution in [3.63, 3.8) is 0 Å². The quantitative estimate of drug-likeness (QED) is 0.698. The van der Waals surface area contributed by atoms with Gasteiger partial charge in [0.2, 0.25) is 11.8 Å². The van der Waals surface area contributed by atoms with Gasteiger partial charge in [0.25, 0.3) is 0 Å². The fraction of sp³-hybridized carbons (Fsp3) is 0.421. The summed E-state index contributed by atoms with van der Waals surface area (Å²) < 4.78 is 10.5. The molecule has 0 aliphatic rings. The summed E-state index contributed by atoms with van der Waals surface area (Å²) >= 11 is 0. The van der Waals surface area contributed by atoms with Crippen LogP contribution < -0.4 is 21.0 Å². The third-order valence-corrected chi connectivity index (χ3v) is 4.11. The summed E-state index contributed by atoms with van der Waals surface area (Å²) in [5, 5.41) is 6.04. The first-order valence-corrected chi connectivity index (χ1v) is 8.60. The molecule has 1 heterocycles. The predicted molar refractivity (Wildman–Crippen MR) is 98.4 cm³/mol. The van der Waals surface area contributed by atoms with E-state index in [2.05, 4.69) is 10.6 Å². The van der Waals surface area contributed by atoms with E-state index in [9.17, 15) is 14.4 Å². The average molecular weight is 360 g/mol. The molecule has 0 fully saturated rings. The molecular weight excluding hydrogens is 336 g/mol. The number of methoxy groups -OCH3 is 1. The van der Waals surface area contributed by atoms with Crippen LogP contribution >= 0.6 is 0 Å². The third-order valence-electron chi connectivity index (χ3n) is 4.11. The number of benzene rings is 1. The van der Waals surface area contributed by atoms with Gasteiger partial charge in [-0.05, 0) is 37.5 Å². The molecule has 0 radical (unpaired) electrons. The maximum Gasteiger partial charge on any atom is 0.339 e. The van der Waals surface area contributed by atoms with Crippen molar-refractivity contribution in [3.05, 3.63) is 39.7 Å². The number of carbonyl (C=O) groups excluding carboxylic acids is 2. The van der Waals surface area contributed by atoms with Crippen molar-refractivity contribution in [1.82, 2.24) is 10.6 Å². The van der Waals surface area contributed by atoms with Crippen LogP contribution in [0.1, 0.15) is 30.9 Å². The Morgan fingerprint density at radius 3 is 2.65 bits per heavy atom. The van der Waals surface area contributed by atoms with Gasteiger partial charge in [0, 0.05) is 30.0 Å². The van der Waals surface area contributed by atoms with Gasteiger partial charge in [-0.3, -0.25) is 9.59 Å². The topological polar surface area (TPSA) is 97.6 Å². The number of carbonyl (C=O) groups is 2. The normalized spacial score (nSPS) is 10.6. The van der Waals surface area contributed by atoms with Gasteiger partial charge in [-0.25, -0.2) is 4.79 Å². The lowest BCUT2D eigenvalue weighted by Crippen LogP contribution is -2.37. The summed E-state index contributed by atoms with van der Waals surface area (Å²) in [6.07, 6.45) is 1.19. The molecule has 1 aromatic heterocycles. The summed E-state index contributed by atoms with van der Waals surface area (Å²) in [4.78, 5) is 35.7. The second-order valence-corrected chi connectivity index (χ2v) is 5.98. The molecule has 2 rings (SSSR count). The van der Waals surface area contributed by atoms with Crippen molar-refractivity contribution in [1.29, 1.82) is 0 Å². The zero-order valence-electron chi connectivity index (χ0n) is 15.3. The lowest BCUT2D eigenvalue weighted by Gasteiger charge is -2.09. The summed E-state index contributed by atoms with van der Waals surface area (Å²) in [7, 11) is 1.54. The number of hydrogen-bond acceptors (Lipinski definition) is 5. The van der Waals surface area contributed by atoms with Gasteiger partial charge >= 0.3 is 5.63 Å². The van der Waals surface area contributed by atoms with Crippen LogP contribution in [-0.4, -0.2) is 32.0 Å². The number of hydrogen-bond donors (Lipinski definition) is 2. The number of fused-ring (bicyclic) bond motifs is 1. The molecule has 2 amide bonds. The minimum absolute atomic E-state index is 0.0655. The molecule has 0 unspecified atom stereocenters. The molecule has 140 valence electrons. The number of amides is 2. The van der Waals surface area contributed by atoms with E-state index < -0.39 is 5.63 Å². The fourth-order valence-corrected chi connectivity index (χ4v) is 2.62. The molecule has 0 spiro atoms. The van der Waals surface area contributed by atoms with Crippen molar-refractivity contribution >= 4 is 22.8 Å². The van der Waals surface area contributed by atoms with Gasteiger partial charge in [0.05, 0.1) is 13.7 Å². The smallest absolute Gasteiger partial charge is 0.339 e. The molecule has 26 heavy (non-hydrogen) atoms. The Labute approximate surface area is 151 Å². The predicted octanol–water partition coefficient (Wildman–Crippen LogP) is 1.69.